The highest BCUT2D eigenvalue weighted by Crippen LogP contribution is 2.34. The van der Waals surface area contributed by atoms with Gasteiger partial charge in [-0.1, -0.05) is 36.4 Å². The van der Waals surface area contributed by atoms with Crippen molar-refractivity contribution in [2.75, 3.05) is 11.4 Å². The number of carbonyl (C=O) groups is 2. The monoisotopic (exact) mass is 352 g/mol. The Bertz CT molecular complexity index is 867. The van der Waals surface area contributed by atoms with E-state index in [1.165, 1.54) is 11.6 Å². The van der Waals surface area contributed by atoms with Crippen LogP contribution in [0, 0.1) is 11.7 Å². The van der Waals surface area contributed by atoms with Crippen molar-refractivity contribution in [1.29, 1.82) is 0 Å². The number of nitrogens with zero attached hydrogens (tertiary/aromatic N) is 2. The maximum absolute atomic E-state index is 13.9. The average Bonchev–Trinajstić information content (AvgIpc) is 3.16. The van der Waals surface area contributed by atoms with Crippen LogP contribution in [-0.4, -0.2) is 29.3 Å². The summed E-state index contributed by atoms with van der Waals surface area (Å²) in [4.78, 5) is 28.9. The van der Waals surface area contributed by atoms with Crippen molar-refractivity contribution in [2.24, 2.45) is 5.92 Å². The molecule has 4 nitrogen and oxygen atoms in total. The predicted molar refractivity (Wildman–Crippen MR) is 97.0 cm³/mol. The summed E-state index contributed by atoms with van der Waals surface area (Å²) in [5.74, 6) is -0.793. The number of anilines is 1. The van der Waals surface area contributed by atoms with E-state index in [2.05, 4.69) is 0 Å². The molecule has 2 aliphatic heterocycles. The number of amides is 2. The molecule has 1 saturated heterocycles. The topological polar surface area (TPSA) is 40.6 Å². The first-order valence-electron chi connectivity index (χ1n) is 8.96. The van der Waals surface area contributed by atoms with E-state index >= 15 is 0 Å². The van der Waals surface area contributed by atoms with Gasteiger partial charge in [-0.25, -0.2) is 4.39 Å². The average molecular weight is 352 g/mol. The number of benzene rings is 2. The molecule has 0 saturated carbocycles. The fourth-order valence-electron chi connectivity index (χ4n) is 4.02. The van der Waals surface area contributed by atoms with Crippen LogP contribution in [0.1, 0.15) is 24.5 Å². The molecular formula is C21H21FN2O2. The third-order valence-electron chi connectivity index (χ3n) is 5.33. The molecule has 134 valence electrons. The van der Waals surface area contributed by atoms with Gasteiger partial charge in [0.2, 0.25) is 11.8 Å². The predicted octanol–water partition coefficient (Wildman–Crippen LogP) is 3.15. The maximum Gasteiger partial charge on any atom is 0.232 e. The van der Waals surface area contributed by atoms with E-state index in [0.717, 1.165) is 12.1 Å². The number of likely N-dealkylation sites (tertiary alicyclic amines) is 1. The Morgan fingerprint density at radius 1 is 1.12 bits per heavy atom. The van der Waals surface area contributed by atoms with Crippen molar-refractivity contribution in [3.05, 3.63) is 65.5 Å². The Balaban J connectivity index is 1.50. The lowest BCUT2D eigenvalue weighted by Gasteiger charge is -2.26. The van der Waals surface area contributed by atoms with E-state index in [1.54, 1.807) is 23.1 Å². The van der Waals surface area contributed by atoms with Gasteiger partial charge in [0.05, 0.1) is 5.92 Å². The highest BCUT2D eigenvalue weighted by molar-refractivity contribution is 6.01. The molecule has 0 bridgehead atoms. The molecule has 2 aromatic carbocycles. The molecule has 1 fully saturated rings. The number of halogens is 1. The Morgan fingerprint density at radius 3 is 2.65 bits per heavy atom. The summed E-state index contributed by atoms with van der Waals surface area (Å²) in [5.41, 5.74) is 2.60. The molecule has 2 aromatic rings. The zero-order valence-electron chi connectivity index (χ0n) is 14.7. The van der Waals surface area contributed by atoms with Crippen molar-refractivity contribution in [3.8, 4) is 0 Å². The number of carbonyl (C=O) groups excluding carboxylic acids is 2. The molecule has 2 atom stereocenters. The first-order chi connectivity index (χ1) is 12.5. The Kier molecular flexibility index (Phi) is 4.23. The van der Waals surface area contributed by atoms with Crippen LogP contribution >= 0.6 is 0 Å². The zero-order chi connectivity index (χ0) is 18.3. The molecule has 2 amide bonds. The molecule has 0 spiro atoms. The first-order valence-corrected chi connectivity index (χ1v) is 8.96. The smallest absolute Gasteiger partial charge is 0.232 e. The van der Waals surface area contributed by atoms with Crippen LogP contribution in [0.5, 0.6) is 0 Å². The molecule has 2 aliphatic rings. The summed E-state index contributed by atoms with van der Waals surface area (Å²) in [5, 5.41) is 0. The summed E-state index contributed by atoms with van der Waals surface area (Å²) < 4.78 is 13.9. The van der Waals surface area contributed by atoms with Gasteiger partial charge in [-0.3, -0.25) is 9.59 Å². The van der Waals surface area contributed by atoms with Gasteiger partial charge in [-0.2, -0.15) is 0 Å². The van der Waals surface area contributed by atoms with Crippen molar-refractivity contribution in [3.63, 3.8) is 0 Å². The van der Waals surface area contributed by atoms with Gasteiger partial charge in [0, 0.05) is 36.8 Å². The quantitative estimate of drug-likeness (QED) is 0.851. The maximum atomic E-state index is 13.9. The lowest BCUT2D eigenvalue weighted by atomic mass is 10.1. The number of para-hydroxylation sites is 1. The Hall–Kier alpha value is -2.69. The number of fused-ring (bicyclic) bond motifs is 1. The van der Waals surface area contributed by atoms with Gasteiger partial charge < -0.3 is 9.80 Å². The summed E-state index contributed by atoms with van der Waals surface area (Å²) in [6.45, 7) is 2.59. The highest BCUT2D eigenvalue weighted by atomic mass is 19.1. The standard InChI is InChI=1S/C21H21FN2O2/c1-14-10-15-6-3-5-9-19(15)24(14)21(26)17-11-20(25)23(13-17)12-16-7-2-4-8-18(16)22/h2-9,14,17H,10-13H2,1H3. The fraction of sp³-hybridized carbons (Fsp3) is 0.333. The molecule has 0 radical (unpaired) electrons. The van der Waals surface area contributed by atoms with E-state index < -0.39 is 0 Å². The van der Waals surface area contributed by atoms with Gasteiger partial charge in [-0.05, 0) is 31.0 Å². The molecule has 2 unspecified atom stereocenters. The first kappa shape index (κ1) is 16.8. The molecule has 0 N–H and O–H groups in total. The Morgan fingerprint density at radius 2 is 1.85 bits per heavy atom. The minimum Gasteiger partial charge on any atom is -0.337 e. The second-order valence-corrected chi connectivity index (χ2v) is 7.16. The fourth-order valence-corrected chi connectivity index (χ4v) is 4.02. The third kappa shape index (κ3) is 2.87. The largest absolute Gasteiger partial charge is 0.337 e. The normalized spacial score (nSPS) is 22.0. The third-order valence-corrected chi connectivity index (χ3v) is 5.33. The minimum absolute atomic E-state index is 0.00756. The van der Waals surface area contributed by atoms with E-state index in [0.29, 0.717) is 12.1 Å². The van der Waals surface area contributed by atoms with Gasteiger partial charge in [0.15, 0.2) is 0 Å². The second kappa shape index (κ2) is 6.56. The number of hydrogen-bond acceptors (Lipinski definition) is 2. The molecule has 4 rings (SSSR count). The summed E-state index contributed by atoms with van der Waals surface area (Å²) >= 11 is 0. The summed E-state index contributed by atoms with van der Waals surface area (Å²) in [6.07, 6.45) is 1.03. The van der Waals surface area contributed by atoms with E-state index in [9.17, 15) is 14.0 Å². The SMILES string of the molecule is CC1Cc2ccccc2N1C(=O)C1CC(=O)N(Cc2ccccc2F)C1. The van der Waals surface area contributed by atoms with Gasteiger partial charge in [-0.15, -0.1) is 0 Å². The molecule has 5 heteroatoms. The van der Waals surface area contributed by atoms with Gasteiger partial charge in [0.1, 0.15) is 5.82 Å². The molecular weight excluding hydrogens is 331 g/mol. The zero-order valence-corrected chi connectivity index (χ0v) is 14.7. The number of rotatable bonds is 3. The lowest BCUT2D eigenvalue weighted by Crippen LogP contribution is -2.41. The summed E-state index contributed by atoms with van der Waals surface area (Å²) in [7, 11) is 0. The van der Waals surface area contributed by atoms with Crippen LogP contribution in [0.2, 0.25) is 0 Å². The van der Waals surface area contributed by atoms with Crippen LogP contribution in [-0.2, 0) is 22.6 Å². The molecule has 0 aliphatic carbocycles. The number of hydrogen-bond donors (Lipinski definition) is 0. The van der Waals surface area contributed by atoms with Crippen LogP contribution in [0.4, 0.5) is 10.1 Å². The van der Waals surface area contributed by atoms with Gasteiger partial charge in [0.25, 0.3) is 0 Å². The van der Waals surface area contributed by atoms with Crippen molar-refractivity contribution in [1.82, 2.24) is 4.90 Å². The van der Waals surface area contributed by atoms with Gasteiger partial charge >= 0.3 is 0 Å². The van der Waals surface area contributed by atoms with Crippen molar-refractivity contribution < 1.29 is 14.0 Å². The Labute approximate surface area is 152 Å². The van der Waals surface area contributed by atoms with E-state index in [4.69, 9.17) is 0 Å². The van der Waals surface area contributed by atoms with Crippen LogP contribution in [0.15, 0.2) is 48.5 Å². The van der Waals surface area contributed by atoms with E-state index in [-0.39, 0.29) is 42.6 Å². The summed E-state index contributed by atoms with van der Waals surface area (Å²) in [6, 6.07) is 14.5. The lowest BCUT2D eigenvalue weighted by molar-refractivity contribution is -0.129. The van der Waals surface area contributed by atoms with Crippen LogP contribution < -0.4 is 4.90 Å². The van der Waals surface area contributed by atoms with Crippen molar-refractivity contribution >= 4 is 17.5 Å². The van der Waals surface area contributed by atoms with Crippen molar-refractivity contribution in [2.45, 2.75) is 32.4 Å². The second-order valence-electron chi connectivity index (χ2n) is 7.16. The van der Waals surface area contributed by atoms with Crippen LogP contribution in [0.3, 0.4) is 0 Å². The highest BCUT2D eigenvalue weighted by Gasteiger charge is 2.40. The minimum atomic E-state index is -0.372. The molecule has 0 aromatic heterocycles. The van der Waals surface area contributed by atoms with Crippen LogP contribution in [0.25, 0.3) is 0 Å². The van der Waals surface area contributed by atoms with E-state index in [1.807, 2.05) is 36.1 Å². The molecule has 2 heterocycles. The molecule has 26 heavy (non-hydrogen) atoms.